The van der Waals surface area contributed by atoms with Crippen molar-refractivity contribution in [1.29, 1.82) is 0 Å². The Bertz CT molecular complexity index is 700. The molecule has 4 nitrogen and oxygen atoms in total. The molecule has 0 unspecified atom stereocenters. The lowest BCUT2D eigenvalue weighted by atomic mass is 10.3. The summed E-state index contributed by atoms with van der Waals surface area (Å²) in [6.45, 7) is 1.79. The van der Waals surface area contributed by atoms with Gasteiger partial charge in [-0.15, -0.1) is 0 Å². The second kappa shape index (κ2) is 4.93. The summed E-state index contributed by atoms with van der Waals surface area (Å²) < 4.78 is 52.3. The number of anilines is 1. The van der Waals surface area contributed by atoms with E-state index in [4.69, 9.17) is 0 Å². The number of halogens is 2. The van der Waals surface area contributed by atoms with Crippen molar-refractivity contribution in [3.05, 3.63) is 53.7 Å². The van der Waals surface area contributed by atoms with Crippen LogP contribution in [0.2, 0.25) is 0 Å². The zero-order chi connectivity index (χ0) is 14.0. The molecule has 19 heavy (non-hydrogen) atoms. The van der Waals surface area contributed by atoms with Crippen LogP contribution >= 0.6 is 0 Å². The predicted octanol–water partition coefficient (Wildman–Crippen LogP) is 2.47. The van der Waals surface area contributed by atoms with Gasteiger partial charge < -0.3 is 0 Å². The maximum atomic E-state index is 13.4. The minimum Gasteiger partial charge on any atom is -0.263 e. The highest BCUT2D eigenvalue weighted by atomic mass is 32.2. The Morgan fingerprint density at radius 1 is 1.16 bits per heavy atom. The number of nitrogens with one attached hydrogen (secondary N) is 1. The van der Waals surface area contributed by atoms with Crippen molar-refractivity contribution in [3.63, 3.8) is 0 Å². The number of benzene rings is 1. The number of aryl methyl sites for hydroxylation is 1. The summed E-state index contributed by atoms with van der Waals surface area (Å²) in [6.07, 6.45) is 1.46. The van der Waals surface area contributed by atoms with Gasteiger partial charge in [0.25, 0.3) is 10.0 Å². The van der Waals surface area contributed by atoms with Gasteiger partial charge in [-0.25, -0.2) is 22.2 Å². The highest BCUT2D eigenvalue weighted by Gasteiger charge is 2.20. The van der Waals surface area contributed by atoms with Gasteiger partial charge in [-0.05, 0) is 36.8 Å². The third-order valence-corrected chi connectivity index (χ3v) is 3.70. The van der Waals surface area contributed by atoms with Crippen LogP contribution in [0.5, 0.6) is 0 Å². The first kappa shape index (κ1) is 13.4. The van der Waals surface area contributed by atoms with Gasteiger partial charge in [0, 0.05) is 6.20 Å². The minimum atomic E-state index is -4.21. The van der Waals surface area contributed by atoms with Gasteiger partial charge in [-0.1, -0.05) is 6.07 Å². The van der Waals surface area contributed by atoms with E-state index in [0.29, 0.717) is 6.07 Å². The fourth-order valence-electron chi connectivity index (χ4n) is 1.40. The van der Waals surface area contributed by atoms with E-state index >= 15 is 0 Å². The van der Waals surface area contributed by atoms with Gasteiger partial charge in [-0.2, -0.15) is 0 Å². The van der Waals surface area contributed by atoms with Gasteiger partial charge in [0.2, 0.25) is 0 Å². The standard InChI is InChI=1S/C12H10F2N2O2S/c1-8-2-5-12(15-7-8)16-19(17,18)11-6-9(13)3-4-10(11)14/h2-7H,1H3,(H,15,16). The molecule has 1 N–H and O–H groups in total. The third-order valence-electron chi connectivity index (χ3n) is 2.33. The number of sulfonamides is 1. The van der Waals surface area contributed by atoms with Crippen LogP contribution in [0, 0.1) is 18.6 Å². The van der Waals surface area contributed by atoms with E-state index in [2.05, 4.69) is 9.71 Å². The quantitative estimate of drug-likeness (QED) is 0.942. The molecule has 2 rings (SSSR count). The molecule has 1 aromatic heterocycles. The molecular weight excluding hydrogens is 274 g/mol. The molecule has 7 heteroatoms. The van der Waals surface area contributed by atoms with Crippen LogP contribution in [0.1, 0.15) is 5.56 Å². The molecule has 0 fully saturated rings. The second-order valence-corrected chi connectivity index (χ2v) is 5.55. The summed E-state index contributed by atoms with van der Waals surface area (Å²) in [6, 6.07) is 5.30. The lowest BCUT2D eigenvalue weighted by molar-refractivity contribution is 0.555. The zero-order valence-corrected chi connectivity index (χ0v) is 10.7. The van der Waals surface area contributed by atoms with Crippen molar-refractivity contribution in [3.8, 4) is 0 Å². The van der Waals surface area contributed by atoms with Gasteiger partial charge in [0.1, 0.15) is 22.3 Å². The average Bonchev–Trinajstić information content (AvgIpc) is 2.35. The smallest absolute Gasteiger partial charge is 0.263 e. The Balaban J connectivity index is 2.37. The van der Waals surface area contributed by atoms with Crippen LogP contribution in [0.4, 0.5) is 14.6 Å². The van der Waals surface area contributed by atoms with E-state index in [1.807, 2.05) is 0 Å². The summed E-state index contributed by atoms with van der Waals surface area (Å²) in [5, 5.41) is 0. The number of nitrogens with zero attached hydrogens (tertiary/aromatic N) is 1. The van der Waals surface area contributed by atoms with Gasteiger partial charge in [0.05, 0.1) is 0 Å². The van der Waals surface area contributed by atoms with E-state index in [0.717, 1.165) is 17.7 Å². The molecule has 2 aromatic rings. The molecule has 1 aromatic carbocycles. The molecule has 0 bridgehead atoms. The highest BCUT2D eigenvalue weighted by molar-refractivity contribution is 7.92. The molecule has 0 aliphatic heterocycles. The predicted molar refractivity (Wildman–Crippen MR) is 66.1 cm³/mol. The van der Waals surface area contributed by atoms with Crippen LogP contribution in [0.15, 0.2) is 41.4 Å². The zero-order valence-electron chi connectivity index (χ0n) is 9.89. The SMILES string of the molecule is Cc1ccc(NS(=O)(=O)c2cc(F)ccc2F)nc1. The average molecular weight is 284 g/mol. The summed E-state index contributed by atoms with van der Waals surface area (Å²) in [5.74, 6) is -1.83. The van der Waals surface area contributed by atoms with E-state index in [1.165, 1.54) is 12.3 Å². The molecule has 0 aliphatic carbocycles. The Morgan fingerprint density at radius 3 is 2.53 bits per heavy atom. The monoisotopic (exact) mass is 284 g/mol. The van der Waals surface area contributed by atoms with Crippen LogP contribution in [-0.4, -0.2) is 13.4 Å². The van der Waals surface area contributed by atoms with Crippen molar-refractivity contribution in [2.24, 2.45) is 0 Å². The molecule has 0 atom stereocenters. The Hall–Kier alpha value is -2.02. The molecule has 0 saturated heterocycles. The first-order chi connectivity index (χ1) is 8.88. The van der Waals surface area contributed by atoms with Crippen molar-refractivity contribution in [1.82, 2.24) is 4.98 Å². The maximum Gasteiger partial charge on any atom is 0.266 e. The van der Waals surface area contributed by atoms with Crippen molar-refractivity contribution in [2.75, 3.05) is 4.72 Å². The topological polar surface area (TPSA) is 59.1 Å². The molecule has 0 aliphatic rings. The fraction of sp³-hybridized carbons (Fsp3) is 0.0833. The number of hydrogen-bond donors (Lipinski definition) is 1. The van der Waals surface area contributed by atoms with E-state index in [-0.39, 0.29) is 5.82 Å². The summed E-state index contributed by atoms with van der Waals surface area (Å²) in [5.41, 5.74) is 0.847. The summed E-state index contributed by atoms with van der Waals surface area (Å²) in [4.78, 5) is 3.08. The van der Waals surface area contributed by atoms with E-state index in [9.17, 15) is 17.2 Å². The third kappa shape index (κ3) is 3.05. The first-order valence-electron chi connectivity index (χ1n) is 5.29. The van der Waals surface area contributed by atoms with Crippen LogP contribution in [0.25, 0.3) is 0 Å². The molecule has 0 saturated carbocycles. The van der Waals surface area contributed by atoms with Crippen molar-refractivity contribution >= 4 is 15.8 Å². The van der Waals surface area contributed by atoms with Gasteiger partial charge >= 0.3 is 0 Å². The minimum absolute atomic E-state index is 0.0364. The summed E-state index contributed by atoms with van der Waals surface area (Å²) >= 11 is 0. The normalized spacial score (nSPS) is 11.3. The number of pyridine rings is 1. The van der Waals surface area contributed by atoms with Crippen molar-refractivity contribution < 1.29 is 17.2 Å². The second-order valence-electron chi connectivity index (χ2n) is 3.90. The number of rotatable bonds is 3. The van der Waals surface area contributed by atoms with Gasteiger partial charge in [0.15, 0.2) is 0 Å². The Labute approximate surface area is 109 Å². The molecule has 0 amide bonds. The Kier molecular flexibility index (Phi) is 3.48. The first-order valence-corrected chi connectivity index (χ1v) is 6.77. The largest absolute Gasteiger partial charge is 0.266 e. The van der Waals surface area contributed by atoms with Crippen LogP contribution in [-0.2, 0) is 10.0 Å². The van der Waals surface area contributed by atoms with Crippen LogP contribution < -0.4 is 4.72 Å². The number of aromatic nitrogens is 1. The van der Waals surface area contributed by atoms with E-state index < -0.39 is 26.6 Å². The lowest BCUT2D eigenvalue weighted by Crippen LogP contribution is -2.15. The molecule has 0 radical (unpaired) electrons. The van der Waals surface area contributed by atoms with Gasteiger partial charge in [-0.3, -0.25) is 4.72 Å². The lowest BCUT2D eigenvalue weighted by Gasteiger charge is -2.08. The van der Waals surface area contributed by atoms with E-state index in [1.54, 1.807) is 13.0 Å². The fourth-order valence-corrected chi connectivity index (χ4v) is 2.50. The number of hydrogen-bond acceptors (Lipinski definition) is 3. The summed E-state index contributed by atoms with van der Waals surface area (Å²) in [7, 11) is -4.21. The molecule has 1 heterocycles. The highest BCUT2D eigenvalue weighted by Crippen LogP contribution is 2.18. The molecule has 0 spiro atoms. The van der Waals surface area contributed by atoms with Crippen LogP contribution in [0.3, 0.4) is 0 Å². The molecule has 100 valence electrons. The molecular formula is C12H10F2N2O2S. The Morgan fingerprint density at radius 2 is 1.89 bits per heavy atom. The maximum absolute atomic E-state index is 13.4. The van der Waals surface area contributed by atoms with Crippen molar-refractivity contribution in [2.45, 2.75) is 11.8 Å².